The molecule has 0 unspecified atom stereocenters. The van der Waals surface area contributed by atoms with Crippen LogP contribution in [0.2, 0.25) is 0 Å². The first-order valence-corrected chi connectivity index (χ1v) is 9.77. The molecule has 3 rings (SSSR count). The molecule has 0 aliphatic carbocycles. The molecule has 1 aromatic carbocycles. The van der Waals surface area contributed by atoms with Crippen LogP contribution in [0.25, 0.3) is 10.6 Å². The zero-order valence-electron chi connectivity index (χ0n) is 16.7. The number of carbonyl (C=O) groups excluding carboxylic acids is 1. The Balaban J connectivity index is 1.71. The predicted octanol–water partition coefficient (Wildman–Crippen LogP) is 2.43. The van der Waals surface area contributed by atoms with Gasteiger partial charge in [-0.1, -0.05) is 0 Å². The molecule has 0 spiro atoms. The van der Waals surface area contributed by atoms with Gasteiger partial charge in [0.25, 0.3) is 11.5 Å². The van der Waals surface area contributed by atoms with Crippen molar-refractivity contribution in [3.63, 3.8) is 0 Å². The van der Waals surface area contributed by atoms with E-state index in [1.54, 1.807) is 31.4 Å². The normalized spacial score (nSPS) is 10.6. The third kappa shape index (κ3) is 4.62. The first-order chi connectivity index (χ1) is 13.9. The Morgan fingerprint density at radius 2 is 1.97 bits per heavy atom. The second-order valence-corrected chi connectivity index (χ2v) is 7.45. The lowest BCUT2D eigenvalue weighted by molar-refractivity contribution is 0.0948. The highest BCUT2D eigenvalue weighted by molar-refractivity contribution is 7.15. The van der Waals surface area contributed by atoms with Crippen molar-refractivity contribution in [3.05, 3.63) is 57.0 Å². The van der Waals surface area contributed by atoms with Crippen molar-refractivity contribution in [2.45, 2.75) is 20.4 Å². The average Bonchev–Trinajstić information content (AvgIpc) is 3.06. The van der Waals surface area contributed by atoms with E-state index in [9.17, 15) is 9.59 Å². The summed E-state index contributed by atoms with van der Waals surface area (Å²) < 4.78 is 11.7. The third-order valence-corrected chi connectivity index (χ3v) is 5.36. The number of thiazole rings is 1. The summed E-state index contributed by atoms with van der Waals surface area (Å²) in [6, 6.07) is 8.13. The number of carbonyl (C=O) groups is 1. The minimum absolute atomic E-state index is 0.232. The second kappa shape index (κ2) is 8.87. The quantitative estimate of drug-likeness (QED) is 0.638. The highest BCUT2D eigenvalue weighted by Gasteiger charge is 2.14. The molecule has 1 amide bonds. The van der Waals surface area contributed by atoms with E-state index in [1.807, 2.05) is 13.8 Å². The Labute approximate surface area is 172 Å². The fourth-order valence-electron chi connectivity index (χ4n) is 2.86. The van der Waals surface area contributed by atoms with E-state index >= 15 is 0 Å². The van der Waals surface area contributed by atoms with Gasteiger partial charge in [-0.15, -0.1) is 11.3 Å². The van der Waals surface area contributed by atoms with Crippen LogP contribution in [0.4, 0.5) is 0 Å². The Kier molecular flexibility index (Phi) is 6.28. The maximum atomic E-state index is 12.5. The summed E-state index contributed by atoms with van der Waals surface area (Å²) >= 11 is 1.53. The van der Waals surface area contributed by atoms with E-state index in [4.69, 9.17) is 9.47 Å². The molecule has 1 N–H and O–H groups in total. The molecule has 0 saturated carbocycles. The molecule has 3 aromatic rings. The van der Waals surface area contributed by atoms with Crippen LogP contribution < -0.4 is 20.3 Å². The van der Waals surface area contributed by atoms with E-state index < -0.39 is 0 Å². The van der Waals surface area contributed by atoms with E-state index in [1.165, 1.54) is 29.2 Å². The fraction of sp³-hybridized carbons (Fsp3) is 0.300. The number of aryl methyl sites for hydroxylation is 2. The first-order valence-electron chi connectivity index (χ1n) is 8.95. The van der Waals surface area contributed by atoms with Gasteiger partial charge >= 0.3 is 0 Å². The number of methoxy groups -OCH3 is 2. The third-order valence-electron chi connectivity index (χ3n) is 4.27. The lowest BCUT2D eigenvalue weighted by Crippen LogP contribution is -2.32. The summed E-state index contributed by atoms with van der Waals surface area (Å²) in [4.78, 5) is 30.0. The van der Waals surface area contributed by atoms with Crippen LogP contribution in [-0.4, -0.2) is 41.4 Å². The molecule has 29 heavy (non-hydrogen) atoms. The van der Waals surface area contributed by atoms with Crippen molar-refractivity contribution < 1.29 is 14.3 Å². The Morgan fingerprint density at radius 3 is 2.62 bits per heavy atom. The molecule has 0 atom stereocenters. The van der Waals surface area contributed by atoms with Crippen LogP contribution in [0.5, 0.6) is 11.5 Å². The van der Waals surface area contributed by atoms with E-state index in [0.29, 0.717) is 22.8 Å². The van der Waals surface area contributed by atoms with Crippen molar-refractivity contribution in [2.75, 3.05) is 20.8 Å². The number of hydrogen-bond acceptors (Lipinski definition) is 7. The topological polar surface area (TPSA) is 95.3 Å². The van der Waals surface area contributed by atoms with Gasteiger partial charge in [0.1, 0.15) is 17.2 Å². The summed E-state index contributed by atoms with van der Waals surface area (Å²) in [5.41, 5.74) is 1.72. The van der Waals surface area contributed by atoms with Crippen molar-refractivity contribution in [3.8, 4) is 22.1 Å². The number of rotatable bonds is 7. The smallest absolute Gasteiger partial charge is 0.266 e. The van der Waals surface area contributed by atoms with Gasteiger partial charge in [0.15, 0.2) is 0 Å². The van der Waals surface area contributed by atoms with Crippen molar-refractivity contribution in [1.82, 2.24) is 20.1 Å². The van der Waals surface area contributed by atoms with Crippen LogP contribution in [0, 0.1) is 13.8 Å². The number of ether oxygens (including phenoxy) is 2. The van der Waals surface area contributed by atoms with E-state index in [2.05, 4.69) is 15.4 Å². The standard InChI is InChI=1S/C20H22N4O4S/c1-12-19(29-13(2)22-12)16-7-8-18(25)24(23-16)10-9-21-20(26)15-6-5-14(27-3)11-17(15)28-4/h5-8,11H,9-10H2,1-4H3,(H,21,26). The first kappa shape index (κ1) is 20.5. The minimum Gasteiger partial charge on any atom is -0.497 e. The van der Waals surface area contributed by atoms with Gasteiger partial charge in [-0.3, -0.25) is 9.59 Å². The van der Waals surface area contributed by atoms with Crippen LogP contribution >= 0.6 is 11.3 Å². The summed E-state index contributed by atoms with van der Waals surface area (Å²) in [5, 5.41) is 8.16. The van der Waals surface area contributed by atoms with Gasteiger partial charge in [0, 0.05) is 18.7 Å². The molecular formula is C20H22N4O4S. The second-order valence-electron chi connectivity index (χ2n) is 6.25. The van der Waals surface area contributed by atoms with Crippen LogP contribution in [0.3, 0.4) is 0 Å². The highest BCUT2D eigenvalue weighted by atomic mass is 32.1. The van der Waals surface area contributed by atoms with Gasteiger partial charge in [0.05, 0.1) is 41.9 Å². The fourth-order valence-corrected chi connectivity index (χ4v) is 3.74. The van der Waals surface area contributed by atoms with E-state index in [0.717, 1.165) is 15.6 Å². The van der Waals surface area contributed by atoms with Crippen molar-refractivity contribution >= 4 is 17.2 Å². The number of hydrogen-bond donors (Lipinski definition) is 1. The molecule has 0 aliphatic rings. The molecule has 0 saturated heterocycles. The Hall–Kier alpha value is -3.20. The SMILES string of the molecule is COc1ccc(C(=O)NCCn2nc(-c3sc(C)nc3C)ccc2=O)c(OC)c1. The van der Waals surface area contributed by atoms with Crippen molar-refractivity contribution in [1.29, 1.82) is 0 Å². The average molecular weight is 414 g/mol. The summed E-state index contributed by atoms with van der Waals surface area (Å²) in [5.74, 6) is 0.706. The predicted molar refractivity (Wildman–Crippen MR) is 111 cm³/mol. The number of nitrogens with one attached hydrogen (secondary N) is 1. The van der Waals surface area contributed by atoms with Gasteiger partial charge < -0.3 is 14.8 Å². The maximum Gasteiger partial charge on any atom is 0.266 e. The van der Waals surface area contributed by atoms with Crippen LogP contribution in [0.1, 0.15) is 21.1 Å². The summed E-state index contributed by atoms with van der Waals surface area (Å²) in [7, 11) is 3.03. The zero-order chi connectivity index (χ0) is 21.0. The number of amides is 1. The highest BCUT2D eigenvalue weighted by Crippen LogP contribution is 2.27. The van der Waals surface area contributed by atoms with Crippen LogP contribution in [0.15, 0.2) is 35.1 Å². The lowest BCUT2D eigenvalue weighted by atomic mass is 10.1. The molecule has 8 nitrogen and oxygen atoms in total. The molecule has 0 aliphatic heterocycles. The molecule has 152 valence electrons. The van der Waals surface area contributed by atoms with Gasteiger partial charge in [-0.2, -0.15) is 5.10 Å². The molecular weight excluding hydrogens is 392 g/mol. The lowest BCUT2D eigenvalue weighted by Gasteiger charge is -2.11. The number of benzene rings is 1. The zero-order valence-corrected chi connectivity index (χ0v) is 17.5. The maximum absolute atomic E-state index is 12.5. The van der Waals surface area contributed by atoms with E-state index in [-0.39, 0.29) is 24.6 Å². The molecule has 2 heterocycles. The summed E-state index contributed by atoms with van der Waals surface area (Å²) in [6.45, 7) is 4.33. The van der Waals surface area contributed by atoms with Crippen molar-refractivity contribution in [2.24, 2.45) is 0 Å². The largest absolute Gasteiger partial charge is 0.497 e. The van der Waals surface area contributed by atoms with Crippen LogP contribution in [-0.2, 0) is 6.54 Å². The molecule has 0 radical (unpaired) electrons. The molecule has 9 heteroatoms. The monoisotopic (exact) mass is 414 g/mol. The minimum atomic E-state index is -0.303. The number of aromatic nitrogens is 3. The molecule has 0 fully saturated rings. The Morgan fingerprint density at radius 1 is 1.17 bits per heavy atom. The Bertz CT molecular complexity index is 1090. The molecule has 2 aromatic heterocycles. The van der Waals surface area contributed by atoms with Gasteiger partial charge in [-0.25, -0.2) is 9.67 Å². The number of nitrogens with zero attached hydrogens (tertiary/aromatic N) is 3. The summed E-state index contributed by atoms with van der Waals surface area (Å²) in [6.07, 6.45) is 0. The molecule has 0 bridgehead atoms. The van der Waals surface area contributed by atoms with Gasteiger partial charge in [0.2, 0.25) is 0 Å². The van der Waals surface area contributed by atoms with Gasteiger partial charge in [-0.05, 0) is 32.0 Å².